The second-order valence-electron chi connectivity index (χ2n) is 6.18. The highest BCUT2D eigenvalue weighted by atomic mass is 16.2. The number of likely N-dealkylation sites (tertiary alicyclic amines) is 1. The Morgan fingerprint density at radius 2 is 1.65 bits per heavy atom. The highest BCUT2D eigenvalue weighted by molar-refractivity contribution is 5.80. The normalized spacial score (nSPS) is 41.6. The predicted molar refractivity (Wildman–Crippen MR) is 67.3 cm³/mol. The number of nitrogens with two attached hydrogens (primary N) is 1. The van der Waals surface area contributed by atoms with E-state index < -0.39 is 0 Å². The molecule has 0 aromatic rings. The zero-order chi connectivity index (χ0) is 11.8. The molecule has 1 heterocycles. The number of carbonyl (C=O) groups is 1. The minimum Gasteiger partial charge on any atom is -0.342 e. The minimum absolute atomic E-state index is 0.157. The van der Waals surface area contributed by atoms with Crippen molar-refractivity contribution in [2.75, 3.05) is 13.1 Å². The van der Waals surface area contributed by atoms with Crippen LogP contribution in [-0.4, -0.2) is 29.9 Å². The van der Waals surface area contributed by atoms with E-state index in [0.29, 0.717) is 17.7 Å². The molecule has 1 saturated heterocycles. The Balaban J connectivity index is 1.69. The van der Waals surface area contributed by atoms with E-state index in [4.69, 9.17) is 5.73 Å². The van der Waals surface area contributed by atoms with Crippen molar-refractivity contribution in [3.63, 3.8) is 0 Å². The van der Waals surface area contributed by atoms with Gasteiger partial charge in [-0.25, -0.2) is 0 Å². The van der Waals surface area contributed by atoms with Crippen LogP contribution in [0.5, 0.6) is 0 Å². The molecule has 2 aliphatic carbocycles. The molecule has 2 bridgehead atoms. The number of amides is 1. The molecule has 3 fully saturated rings. The van der Waals surface area contributed by atoms with Crippen molar-refractivity contribution in [3.8, 4) is 0 Å². The number of hydrogen-bond acceptors (Lipinski definition) is 2. The van der Waals surface area contributed by atoms with Gasteiger partial charge < -0.3 is 10.6 Å². The quantitative estimate of drug-likeness (QED) is 0.754. The van der Waals surface area contributed by atoms with Gasteiger partial charge in [0.1, 0.15) is 0 Å². The van der Waals surface area contributed by atoms with Crippen molar-refractivity contribution in [3.05, 3.63) is 0 Å². The van der Waals surface area contributed by atoms with Gasteiger partial charge >= 0.3 is 0 Å². The lowest BCUT2D eigenvalue weighted by Gasteiger charge is -2.32. The van der Waals surface area contributed by atoms with Gasteiger partial charge in [-0.3, -0.25) is 4.79 Å². The average Bonchev–Trinajstić information content (AvgIpc) is 2.79. The van der Waals surface area contributed by atoms with Crippen molar-refractivity contribution < 1.29 is 4.79 Å². The Morgan fingerprint density at radius 3 is 2.24 bits per heavy atom. The summed E-state index contributed by atoms with van der Waals surface area (Å²) in [5.74, 6) is 1.78. The third kappa shape index (κ3) is 1.99. The fourth-order valence-corrected chi connectivity index (χ4v) is 4.20. The maximum Gasteiger partial charge on any atom is 0.227 e. The van der Waals surface area contributed by atoms with Gasteiger partial charge in [-0.2, -0.15) is 0 Å². The molecule has 0 aromatic heterocycles. The second kappa shape index (κ2) is 4.60. The van der Waals surface area contributed by atoms with Crippen molar-refractivity contribution >= 4 is 5.91 Å². The van der Waals surface area contributed by atoms with Crippen LogP contribution >= 0.6 is 0 Å². The predicted octanol–water partition coefficient (Wildman–Crippen LogP) is 1.76. The van der Waals surface area contributed by atoms with Gasteiger partial charge in [-0.1, -0.05) is 12.8 Å². The third-order valence-corrected chi connectivity index (χ3v) is 5.18. The standard InChI is InChI=1S/C14H24N2O/c15-13-11-6-5-10(9-11)12(13)14(17)16-7-3-1-2-4-8-16/h10-13H,1-9,15H2. The summed E-state index contributed by atoms with van der Waals surface area (Å²) in [6.07, 6.45) is 8.65. The fraction of sp³-hybridized carbons (Fsp3) is 0.929. The zero-order valence-corrected chi connectivity index (χ0v) is 10.6. The van der Waals surface area contributed by atoms with Crippen LogP contribution in [0.2, 0.25) is 0 Å². The molecule has 0 spiro atoms. The van der Waals surface area contributed by atoms with Gasteiger partial charge in [0.2, 0.25) is 5.91 Å². The molecule has 3 aliphatic rings. The first-order chi connectivity index (χ1) is 8.27. The van der Waals surface area contributed by atoms with Gasteiger partial charge in [-0.05, 0) is 43.9 Å². The average molecular weight is 236 g/mol. The Bertz CT molecular complexity index is 295. The topological polar surface area (TPSA) is 46.3 Å². The summed E-state index contributed by atoms with van der Waals surface area (Å²) < 4.78 is 0. The largest absolute Gasteiger partial charge is 0.342 e. The fourth-order valence-electron chi connectivity index (χ4n) is 4.20. The molecule has 2 saturated carbocycles. The molecule has 96 valence electrons. The Labute approximate surface area is 104 Å². The van der Waals surface area contributed by atoms with Crippen LogP contribution in [0, 0.1) is 17.8 Å². The number of rotatable bonds is 1. The molecule has 1 amide bonds. The molecular formula is C14H24N2O. The summed E-state index contributed by atoms with van der Waals surface area (Å²) in [4.78, 5) is 14.7. The molecule has 3 nitrogen and oxygen atoms in total. The van der Waals surface area contributed by atoms with Gasteiger partial charge in [-0.15, -0.1) is 0 Å². The van der Waals surface area contributed by atoms with E-state index in [9.17, 15) is 4.79 Å². The molecule has 2 N–H and O–H groups in total. The van der Waals surface area contributed by atoms with Gasteiger partial charge in [0.15, 0.2) is 0 Å². The van der Waals surface area contributed by atoms with E-state index in [1.165, 1.54) is 44.9 Å². The van der Waals surface area contributed by atoms with Crippen molar-refractivity contribution in [1.29, 1.82) is 0 Å². The van der Waals surface area contributed by atoms with Crippen LogP contribution in [-0.2, 0) is 4.79 Å². The summed E-state index contributed by atoms with van der Waals surface area (Å²) >= 11 is 0. The van der Waals surface area contributed by atoms with Crippen molar-refractivity contribution in [2.24, 2.45) is 23.5 Å². The molecule has 17 heavy (non-hydrogen) atoms. The molecule has 0 aromatic carbocycles. The lowest BCUT2D eigenvalue weighted by atomic mass is 9.84. The van der Waals surface area contributed by atoms with E-state index in [0.717, 1.165) is 13.1 Å². The van der Waals surface area contributed by atoms with Gasteiger partial charge in [0.25, 0.3) is 0 Å². The first kappa shape index (κ1) is 11.5. The summed E-state index contributed by atoms with van der Waals surface area (Å²) in [5.41, 5.74) is 6.26. The number of carbonyl (C=O) groups excluding carboxylic acids is 1. The Morgan fingerprint density at radius 1 is 1.00 bits per heavy atom. The number of hydrogen-bond donors (Lipinski definition) is 1. The number of nitrogens with zero attached hydrogens (tertiary/aromatic N) is 1. The zero-order valence-electron chi connectivity index (χ0n) is 10.6. The first-order valence-electron chi connectivity index (χ1n) is 7.32. The first-order valence-corrected chi connectivity index (χ1v) is 7.32. The van der Waals surface area contributed by atoms with Crippen LogP contribution in [0.1, 0.15) is 44.9 Å². The Hall–Kier alpha value is -0.570. The lowest BCUT2D eigenvalue weighted by molar-refractivity contribution is -0.137. The SMILES string of the molecule is NC1C2CCC(C2)C1C(=O)N1CCCCCC1. The molecule has 0 radical (unpaired) electrons. The minimum atomic E-state index is 0.157. The van der Waals surface area contributed by atoms with Gasteiger partial charge in [0, 0.05) is 19.1 Å². The van der Waals surface area contributed by atoms with Crippen LogP contribution in [0.15, 0.2) is 0 Å². The molecule has 1 aliphatic heterocycles. The molecule has 3 heteroatoms. The third-order valence-electron chi connectivity index (χ3n) is 5.18. The molecule has 3 rings (SSSR count). The summed E-state index contributed by atoms with van der Waals surface area (Å²) in [5, 5.41) is 0. The van der Waals surface area contributed by atoms with E-state index in [1.807, 2.05) is 0 Å². The highest BCUT2D eigenvalue weighted by Gasteiger charge is 2.50. The summed E-state index contributed by atoms with van der Waals surface area (Å²) in [6, 6.07) is 0.157. The summed E-state index contributed by atoms with van der Waals surface area (Å²) in [6.45, 7) is 1.94. The van der Waals surface area contributed by atoms with E-state index in [2.05, 4.69) is 4.90 Å². The number of fused-ring (bicyclic) bond motifs is 2. The smallest absolute Gasteiger partial charge is 0.227 e. The lowest BCUT2D eigenvalue weighted by Crippen LogP contribution is -2.47. The van der Waals surface area contributed by atoms with E-state index >= 15 is 0 Å². The van der Waals surface area contributed by atoms with Gasteiger partial charge in [0.05, 0.1) is 5.92 Å². The van der Waals surface area contributed by atoms with Crippen LogP contribution < -0.4 is 5.73 Å². The van der Waals surface area contributed by atoms with Crippen LogP contribution in [0.4, 0.5) is 0 Å². The second-order valence-corrected chi connectivity index (χ2v) is 6.18. The van der Waals surface area contributed by atoms with Crippen molar-refractivity contribution in [2.45, 2.75) is 51.0 Å². The van der Waals surface area contributed by atoms with E-state index in [-0.39, 0.29) is 12.0 Å². The van der Waals surface area contributed by atoms with Crippen LogP contribution in [0.25, 0.3) is 0 Å². The highest BCUT2D eigenvalue weighted by Crippen LogP contribution is 2.48. The molecular weight excluding hydrogens is 212 g/mol. The summed E-state index contributed by atoms with van der Waals surface area (Å²) in [7, 11) is 0. The Kier molecular flexibility index (Phi) is 3.12. The monoisotopic (exact) mass is 236 g/mol. The van der Waals surface area contributed by atoms with Crippen LogP contribution in [0.3, 0.4) is 0 Å². The maximum atomic E-state index is 12.6. The van der Waals surface area contributed by atoms with Crippen molar-refractivity contribution in [1.82, 2.24) is 4.90 Å². The molecule has 4 atom stereocenters. The molecule has 4 unspecified atom stereocenters. The maximum absolute atomic E-state index is 12.6. The van der Waals surface area contributed by atoms with E-state index in [1.54, 1.807) is 0 Å².